The van der Waals surface area contributed by atoms with Gasteiger partial charge in [-0.1, -0.05) is 24.6 Å². The van der Waals surface area contributed by atoms with Gasteiger partial charge in [-0.25, -0.2) is 4.79 Å². The number of hydrogen-bond donors (Lipinski definition) is 1. The third-order valence-corrected chi connectivity index (χ3v) is 6.98. The van der Waals surface area contributed by atoms with Gasteiger partial charge in [0.25, 0.3) is 5.91 Å². The third-order valence-electron chi connectivity index (χ3n) is 6.98. The van der Waals surface area contributed by atoms with Crippen LogP contribution in [-0.4, -0.2) is 46.3 Å². The highest BCUT2D eigenvalue weighted by Gasteiger charge is 2.50. The Kier molecular flexibility index (Phi) is 6.03. The van der Waals surface area contributed by atoms with Crippen molar-refractivity contribution in [3.63, 3.8) is 0 Å². The number of hydrogen-bond acceptors (Lipinski definition) is 5. The van der Waals surface area contributed by atoms with Crippen LogP contribution in [0.4, 0.5) is 5.69 Å². The molecule has 0 unspecified atom stereocenters. The average molecular weight is 453 g/mol. The topological polar surface area (TPSA) is 93.5 Å². The summed E-state index contributed by atoms with van der Waals surface area (Å²) < 4.78 is 6.24. The van der Waals surface area contributed by atoms with Crippen LogP contribution in [0, 0.1) is 19.8 Å². The van der Waals surface area contributed by atoms with Gasteiger partial charge in [0, 0.05) is 17.8 Å². The van der Waals surface area contributed by atoms with Crippen molar-refractivity contribution in [1.29, 1.82) is 0 Å². The SMILES string of the molecule is COC(=O)c1cc2n(n1)C[C@](C)(C(=O)NC1CCC(C)CC1)N(c1ccc(C)cc1C)C2=O. The fourth-order valence-corrected chi connectivity index (χ4v) is 4.96. The first-order valence-corrected chi connectivity index (χ1v) is 11.5. The number of benzene rings is 1. The first-order valence-electron chi connectivity index (χ1n) is 11.5. The van der Waals surface area contributed by atoms with E-state index in [2.05, 4.69) is 17.3 Å². The number of amides is 2. The fourth-order valence-electron chi connectivity index (χ4n) is 4.96. The molecule has 1 atom stereocenters. The maximum absolute atomic E-state index is 13.8. The van der Waals surface area contributed by atoms with Crippen molar-refractivity contribution in [2.24, 2.45) is 5.92 Å². The highest BCUT2D eigenvalue weighted by atomic mass is 16.5. The minimum atomic E-state index is -1.22. The summed E-state index contributed by atoms with van der Waals surface area (Å²) in [6, 6.07) is 7.33. The zero-order chi connectivity index (χ0) is 23.9. The lowest BCUT2D eigenvalue weighted by atomic mass is 9.86. The van der Waals surface area contributed by atoms with Crippen LogP contribution < -0.4 is 10.2 Å². The summed E-state index contributed by atoms with van der Waals surface area (Å²) in [4.78, 5) is 41.1. The number of fused-ring (bicyclic) bond motifs is 1. The van der Waals surface area contributed by atoms with E-state index in [1.807, 2.05) is 32.0 Å². The van der Waals surface area contributed by atoms with E-state index in [1.165, 1.54) is 17.9 Å². The number of carbonyl (C=O) groups is 3. The van der Waals surface area contributed by atoms with Crippen molar-refractivity contribution in [1.82, 2.24) is 15.1 Å². The van der Waals surface area contributed by atoms with E-state index in [9.17, 15) is 14.4 Å². The summed E-state index contributed by atoms with van der Waals surface area (Å²) >= 11 is 0. The number of carbonyl (C=O) groups excluding carboxylic acids is 3. The number of nitrogens with zero attached hydrogens (tertiary/aromatic N) is 3. The number of nitrogens with one attached hydrogen (secondary N) is 1. The number of aromatic nitrogens is 2. The van der Waals surface area contributed by atoms with E-state index in [1.54, 1.807) is 11.8 Å². The van der Waals surface area contributed by atoms with Gasteiger partial charge in [0.05, 0.1) is 13.7 Å². The van der Waals surface area contributed by atoms with E-state index in [0.717, 1.165) is 36.8 Å². The van der Waals surface area contributed by atoms with E-state index in [-0.39, 0.29) is 35.8 Å². The molecule has 0 radical (unpaired) electrons. The predicted molar refractivity (Wildman–Crippen MR) is 124 cm³/mol. The molecule has 1 N–H and O–H groups in total. The Labute approximate surface area is 194 Å². The molecule has 4 rings (SSSR count). The second kappa shape index (κ2) is 8.65. The van der Waals surface area contributed by atoms with E-state index in [4.69, 9.17) is 4.74 Å². The van der Waals surface area contributed by atoms with Crippen molar-refractivity contribution in [3.05, 3.63) is 46.8 Å². The van der Waals surface area contributed by atoms with Crippen LogP contribution in [-0.2, 0) is 16.1 Å². The maximum Gasteiger partial charge on any atom is 0.358 e. The van der Waals surface area contributed by atoms with Crippen LogP contribution >= 0.6 is 0 Å². The van der Waals surface area contributed by atoms with E-state index >= 15 is 0 Å². The Morgan fingerprint density at radius 2 is 1.85 bits per heavy atom. The molecular weight excluding hydrogens is 420 g/mol. The summed E-state index contributed by atoms with van der Waals surface area (Å²) in [5.41, 5.74) is 1.73. The van der Waals surface area contributed by atoms with Gasteiger partial charge in [0.1, 0.15) is 11.2 Å². The molecule has 2 aliphatic rings. The summed E-state index contributed by atoms with van der Waals surface area (Å²) in [6.45, 7) is 8.06. The molecule has 33 heavy (non-hydrogen) atoms. The van der Waals surface area contributed by atoms with Gasteiger partial charge in [-0.05, 0) is 64.0 Å². The Morgan fingerprint density at radius 3 is 2.48 bits per heavy atom. The van der Waals surface area contributed by atoms with Crippen LogP contribution in [0.3, 0.4) is 0 Å². The van der Waals surface area contributed by atoms with E-state index < -0.39 is 11.5 Å². The molecule has 1 fully saturated rings. The average Bonchev–Trinajstić information content (AvgIpc) is 3.20. The summed E-state index contributed by atoms with van der Waals surface area (Å²) in [7, 11) is 1.27. The molecule has 1 aromatic carbocycles. The lowest BCUT2D eigenvalue weighted by molar-refractivity contribution is -0.127. The van der Waals surface area contributed by atoms with Crippen molar-refractivity contribution in [2.45, 2.75) is 71.5 Å². The zero-order valence-corrected chi connectivity index (χ0v) is 20.0. The highest BCUT2D eigenvalue weighted by molar-refractivity contribution is 6.12. The Hall–Kier alpha value is -3.16. The zero-order valence-electron chi connectivity index (χ0n) is 20.0. The van der Waals surface area contributed by atoms with Crippen molar-refractivity contribution >= 4 is 23.5 Å². The number of aryl methyl sites for hydroxylation is 2. The second-order valence-electron chi connectivity index (χ2n) is 9.70. The molecule has 2 heterocycles. The largest absolute Gasteiger partial charge is 0.464 e. The first-order chi connectivity index (χ1) is 15.6. The van der Waals surface area contributed by atoms with Gasteiger partial charge in [-0.2, -0.15) is 5.10 Å². The summed E-state index contributed by atoms with van der Waals surface area (Å²) in [5, 5.41) is 7.49. The van der Waals surface area contributed by atoms with Gasteiger partial charge in [-0.3, -0.25) is 19.2 Å². The van der Waals surface area contributed by atoms with Crippen molar-refractivity contribution < 1.29 is 19.1 Å². The molecule has 176 valence electrons. The van der Waals surface area contributed by atoms with Gasteiger partial charge >= 0.3 is 5.97 Å². The van der Waals surface area contributed by atoms with Gasteiger partial charge in [0.15, 0.2) is 5.69 Å². The molecule has 0 bridgehead atoms. The highest BCUT2D eigenvalue weighted by Crippen LogP contribution is 2.35. The van der Waals surface area contributed by atoms with Crippen molar-refractivity contribution in [3.8, 4) is 0 Å². The van der Waals surface area contributed by atoms with Gasteiger partial charge in [0.2, 0.25) is 5.91 Å². The minimum Gasteiger partial charge on any atom is -0.464 e. The molecule has 1 saturated carbocycles. The maximum atomic E-state index is 13.8. The van der Waals surface area contributed by atoms with E-state index in [0.29, 0.717) is 11.6 Å². The lowest BCUT2D eigenvalue weighted by Gasteiger charge is -2.44. The number of anilines is 1. The smallest absolute Gasteiger partial charge is 0.358 e. The van der Waals surface area contributed by atoms with Crippen LogP contribution in [0.1, 0.15) is 71.6 Å². The van der Waals surface area contributed by atoms with Gasteiger partial charge < -0.3 is 10.1 Å². The number of methoxy groups -OCH3 is 1. The second-order valence-corrected chi connectivity index (χ2v) is 9.70. The fraction of sp³-hybridized carbons (Fsp3) is 0.520. The first kappa shape index (κ1) is 23.0. The third kappa shape index (κ3) is 4.14. The lowest BCUT2D eigenvalue weighted by Crippen LogP contribution is -2.65. The minimum absolute atomic E-state index is 0.0485. The van der Waals surface area contributed by atoms with Crippen LogP contribution in [0.5, 0.6) is 0 Å². The molecule has 2 aromatic rings. The number of rotatable bonds is 4. The normalized spacial score (nSPS) is 24.9. The molecular formula is C25H32N4O4. The predicted octanol–water partition coefficient (Wildman–Crippen LogP) is 3.40. The molecule has 1 aliphatic heterocycles. The molecule has 0 saturated heterocycles. The molecule has 8 heteroatoms. The molecule has 1 aliphatic carbocycles. The molecule has 2 amide bonds. The van der Waals surface area contributed by atoms with Gasteiger partial charge in [-0.15, -0.1) is 0 Å². The van der Waals surface area contributed by atoms with Crippen LogP contribution in [0.2, 0.25) is 0 Å². The quantitative estimate of drug-likeness (QED) is 0.718. The number of esters is 1. The Bertz CT molecular complexity index is 1100. The Balaban J connectivity index is 1.76. The summed E-state index contributed by atoms with van der Waals surface area (Å²) in [6.07, 6.45) is 4.01. The summed E-state index contributed by atoms with van der Waals surface area (Å²) in [5.74, 6) is -0.535. The monoisotopic (exact) mass is 452 g/mol. The van der Waals surface area contributed by atoms with Crippen LogP contribution in [0.25, 0.3) is 0 Å². The van der Waals surface area contributed by atoms with Crippen molar-refractivity contribution in [2.75, 3.05) is 12.0 Å². The molecule has 1 aromatic heterocycles. The Morgan fingerprint density at radius 1 is 1.15 bits per heavy atom. The molecule has 0 spiro atoms. The molecule has 8 nitrogen and oxygen atoms in total. The number of ether oxygens (including phenoxy) is 1. The standard InChI is InChI=1S/C25H32N4O4/c1-15-6-9-18(10-7-15)26-24(32)25(4)14-28-21(13-19(27-28)23(31)33-5)22(30)29(25)20-11-8-16(2)12-17(20)3/h8,11-13,15,18H,6-7,9-10,14H2,1-5H3,(H,26,32)/t15?,18?,25-/m1/s1. The van der Waals surface area contributed by atoms with Crippen LogP contribution in [0.15, 0.2) is 24.3 Å².